The molecule has 0 spiro atoms. The Morgan fingerprint density at radius 3 is 2.59 bits per heavy atom. The molecule has 1 aromatic heterocycles. The quantitative estimate of drug-likeness (QED) is 0.414. The molecule has 0 aliphatic heterocycles. The van der Waals surface area contributed by atoms with E-state index < -0.39 is 5.82 Å². The molecule has 0 atom stereocenters. The highest BCUT2D eigenvalue weighted by molar-refractivity contribution is 5.79. The predicted octanol–water partition coefficient (Wildman–Crippen LogP) is 6.35. The van der Waals surface area contributed by atoms with E-state index in [0.717, 1.165) is 44.5 Å². The Labute approximate surface area is 174 Å². The van der Waals surface area contributed by atoms with Crippen molar-refractivity contribution in [3.05, 3.63) is 29.3 Å². The maximum atomic E-state index is 14.5. The van der Waals surface area contributed by atoms with Crippen molar-refractivity contribution in [1.82, 2.24) is 9.55 Å². The van der Waals surface area contributed by atoms with E-state index in [-0.39, 0.29) is 5.41 Å². The average molecular weight is 400 g/mol. The smallest absolute Gasteiger partial charge is 0.152 e. The minimum absolute atomic E-state index is 0.0273. The van der Waals surface area contributed by atoms with Gasteiger partial charge in [-0.05, 0) is 36.8 Å². The lowest BCUT2D eigenvalue weighted by molar-refractivity contribution is -0.120. The summed E-state index contributed by atoms with van der Waals surface area (Å²) in [6.45, 7) is 9.19. The van der Waals surface area contributed by atoms with Crippen LogP contribution in [-0.2, 0) is 17.8 Å². The van der Waals surface area contributed by atoms with Gasteiger partial charge in [-0.3, -0.25) is 4.79 Å². The van der Waals surface area contributed by atoms with Gasteiger partial charge >= 0.3 is 0 Å². The molecule has 0 saturated heterocycles. The zero-order valence-electron chi connectivity index (χ0n) is 18.4. The Bertz CT molecular complexity index is 871. The number of hydrogen-bond donors (Lipinski definition) is 0. The van der Waals surface area contributed by atoms with E-state index in [9.17, 15) is 14.4 Å². The fourth-order valence-electron chi connectivity index (χ4n) is 3.72. The molecular formula is C24H34FN3O. The second-order valence-electron chi connectivity index (χ2n) is 9.16. The molecule has 4 nitrogen and oxygen atoms in total. The molecule has 0 bridgehead atoms. The van der Waals surface area contributed by atoms with Gasteiger partial charge in [0, 0.05) is 25.8 Å². The molecule has 0 radical (unpaired) electrons. The second kappa shape index (κ2) is 10.5. The molecule has 1 aromatic carbocycles. The van der Waals surface area contributed by atoms with Crippen LogP contribution in [0.1, 0.15) is 90.4 Å². The molecule has 0 saturated carbocycles. The molecule has 29 heavy (non-hydrogen) atoms. The first-order valence-electron chi connectivity index (χ1n) is 10.9. The van der Waals surface area contributed by atoms with E-state index in [4.69, 9.17) is 0 Å². The number of rotatable bonds is 11. The first-order valence-corrected chi connectivity index (χ1v) is 10.9. The number of Topliss-reactive ketones (excluding diaryl/α,β-unsaturated/α-hetero) is 1. The van der Waals surface area contributed by atoms with Crippen LogP contribution >= 0.6 is 0 Å². The largest absolute Gasteiger partial charge is 0.328 e. The van der Waals surface area contributed by atoms with Gasteiger partial charge in [0.2, 0.25) is 0 Å². The number of halogens is 1. The Hall–Kier alpha value is -2.22. The lowest BCUT2D eigenvalue weighted by atomic mass is 9.88. The molecule has 2 aromatic rings. The maximum Gasteiger partial charge on any atom is 0.152 e. The lowest BCUT2D eigenvalue weighted by Crippen LogP contribution is -2.12. The number of ketones is 1. The summed E-state index contributed by atoms with van der Waals surface area (Å²) in [5.74, 6) is 0.719. The summed E-state index contributed by atoms with van der Waals surface area (Å²) in [6.07, 6.45) is 8.04. The molecule has 0 N–H and O–H groups in total. The van der Waals surface area contributed by atoms with Crippen LogP contribution < -0.4 is 0 Å². The molecule has 0 aliphatic carbocycles. The minimum Gasteiger partial charge on any atom is -0.328 e. The molecule has 0 unspecified atom stereocenters. The molecule has 0 amide bonds. The SMILES string of the molecule is CCCCCCn1c(CCCCC(=O)CC(C)(C)C)nc2c(F)cc(C#N)cc21. The topological polar surface area (TPSA) is 58.7 Å². The monoisotopic (exact) mass is 399 g/mol. The van der Waals surface area contributed by atoms with Crippen molar-refractivity contribution < 1.29 is 9.18 Å². The van der Waals surface area contributed by atoms with Crippen molar-refractivity contribution >= 4 is 16.8 Å². The van der Waals surface area contributed by atoms with Gasteiger partial charge in [0.1, 0.15) is 17.1 Å². The number of imidazole rings is 1. The highest BCUT2D eigenvalue weighted by Crippen LogP contribution is 2.24. The van der Waals surface area contributed by atoms with E-state index >= 15 is 0 Å². The molecule has 2 rings (SSSR count). The second-order valence-corrected chi connectivity index (χ2v) is 9.16. The number of aryl methyl sites for hydroxylation is 2. The van der Waals surface area contributed by atoms with Crippen molar-refractivity contribution in [1.29, 1.82) is 5.26 Å². The summed E-state index contributed by atoms with van der Waals surface area (Å²) >= 11 is 0. The van der Waals surface area contributed by atoms with Crippen LogP contribution in [0.5, 0.6) is 0 Å². The highest BCUT2D eigenvalue weighted by atomic mass is 19.1. The molecule has 158 valence electrons. The van der Waals surface area contributed by atoms with Gasteiger partial charge in [-0.15, -0.1) is 0 Å². The normalized spacial score (nSPS) is 11.7. The molecule has 0 aliphatic rings. The third kappa shape index (κ3) is 6.96. The molecular weight excluding hydrogens is 365 g/mol. The number of nitrogens with zero attached hydrogens (tertiary/aromatic N) is 3. The van der Waals surface area contributed by atoms with E-state index in [1.807, 2.05) is 6.07 Å². The third-order valence-corrected chi connectivity index (χ3v) is 5.08. The first-order chi connectivity index (χ1) is 13.7. The van der Waals surface area contributed by atoms with Gasteiger partial charge in [-0.2, -0.15) is 5.26 Å². The Morgan fingerprint density at radius 2 is 1.93 bits per heavy atom. The summed E-state index contributed by atoms with van der Waals surface area (Å²) in [7, 11) is 0. The summed E-state index contributed by atoms with van der Waals surface area (Å²) < 4.78 is 16.5. The Kier molecular flexibility index (Phi) is 8.37. The van der Waals surface area contributed by atoms with Crippen LogP contribution in [0, 0.1) is 22.6 Å². The van der Waals surface area contributed by atoms with Crippen molar-refractivity contribution in [2.75, 3.05) is 0 Å². The van der Waals surface area contributed by atoms with Crippen LogP contribution in [0.4, 0.5) is 4.39 Å². The standard InChI is InChI=1S/C24H34FN3O/c1-5-6-7-10-13-28-21-15-18(17-26)14-20(25)23(21)27-22(28)12-9-8-11-19(29)16-24(2,3)4/h14-15H,5-13,16H2,1-4H3. The number of benzene rings is 1. The molecule has 1 heterocycles. The van der Waals surface area contributed by atoms with Crippen LogP contribution in [0.3, 0.4) is 0 Å². The van der Waals surface area contributed by atoms with Gasteiger partial charge in [0.25, 0.3) is 0 Å². The number of aromatic nitrogens is 2. The zero-order chi connectivity index (χ0) is 21.4. The van der Waals surface area contributed by atoms with Gasteiger partial charge in [-0.1, -0.05) is 47.0 Å². The minimum atomic E-state index is -0.437. The van der Waals surface area contributed by atoms with Crippen molar-refractivity contribution in [3.63, 3.8) is 0 Å². The lowest BCUT2D eigenvalue weighted by Gasteiger charge is -2.16. The van der Waals surface area contributed by atoms with Gasteiger partial charge in [0.15, 0.2) is 5.82 Å². The van der Waals surface area contributed by atoms with E-state index in [0.29, 0.717) is 41.6 Å². The number of carbonyl (C=O) groups excluding carboxylic acids is 1. The average Bonchev–Trinajstić information content (AvgIpc) is 2.99. The summed E-state index contributed by atoms with van der Waals surface area (Å²) in [4.78, 5) is 16.7. The van der Waals surface area contributed by atoms with Crippen LogP contribution in [-0.4, -0.2) is 15.3 Å². The highest BCUT2D eigenvalue weighted by Gasteiger charge is 2.17. The van der Waals surface area contributed by atoms with Crippen LogP contribution in [0.15, 0.2) is 12.1 Å². The van der Waals surface area contributed by atoms with Gasteiger partial charge in [0.05, 0.1) is 17.1 Å². The number of fused-ring (bicyclic) bond motifs is 1. The number of unbranched alkanes of at least 4 members (excludes halogenated alkanes) is 4. The maximum absolute atomic E-state index is 14.5. The van der Waals surface area contributed by atoms with E-state index in [1.165, 1.54) is 12.5 Å². The summed E-state index contributed by atoms with van der Waals surface area (Å²) in [6, 6.07) is 5.03. The summed E-state index contributed by atoms with van der Waals surface area (Å²) in [5, 5.41) is 9.19. The van der Waals surface area contributed by atoms with Crippen molar-refractivity contribution in [3.8, 4) is 6.07 Å². The summed E-state index contributed by atoms with van der Waals surface area (Å²) in [5.41, 5.74) is 1.40. The van der Waals surface area contributed by atoms with Crippen LogP contribution in [0.25, 0.3) is 11.0 Å². The fourth-order valence-corrected chi connectivity index (χ4v) is 3.72. The molecule has 5 heteroatoms. The van der Waals surface area contributed by atoms with Crippen LogP contribution in [0.2, 0.25) is 0 Å². The third-order valence-electron chi connectivity index (χ3n) is 5.08. The zero-order valence-corrected chi connectivity index (χ0v) is 18.4. The van der Waals surface area contributed by atoms with E-state index in [1.54, 1.807) is 6.07 Å². The predicted molar refractivity (Wildman–Crippen MR) is 115 cm³/mol. The number of hydrogen-bond acceptors (Lipinski definition) is 3. The Balaban J connectivity index is 2.11. The first kappa shape index (κ1) is 23.1. The van der Waals surface area contributed by atoms with Crippen molar-refractivity contribution in [2.24, 2.45) is 5.41 Å². The molecule has 0 fully saturated rings. The number of carbonyl (C=O) groups is 1. The van der Waals surface area contributed by atoms with Crippen molar-refractivity contribution in [2.45, 2.75) is 92.0 Å². The number of nitriles is 1. The Morgan fingerprint density at radius 1 is 1.17 bits per heavy atom. The fraction of sp³-hybridized carbons (Fsp3) is 0.625. The van der Waals surface area contributed by atoms with Gasteiger partial charge in [-0.25, -0.2) is 9.37 Å². The van der Waals surface area contributed by atoms with E-state index in [2.05, 4.69) is 37.2 Å². The van der Waals surface area contributed by atoms with Gasteiger partial charge < -0.3 is 4.57 Å².